The monoisotopic (exact) mass is 592 g/mol. The van der Waals surface area contributed by atoms with Gasteiger partial charge in [0.15, 0.2) is 0 Å². The summed E-state index contributed by atoms with van der Waals surface area (Å²) < 4.78 is 12.2. The zero-order valence-electron chi connectivity index (χ0n) is 22.0. The predicted octanol–water partition coefficient (Wildman–Crippen LogP) is 4.95. The highest BCUT2D eigenvalue weighted by Gasteiger charge is 2.25. The molecule has 5 rings (SSSR count). The summed E-state index contributed by atoms with van der Waals surface area (Å²) in [6, 6.07) is 20.7. The topological polar surface area (TPSA) is 83.1 Å². The number of halogens is 1. The molecule has 3 aromatic rings. The van der Waals surface area contributed by atoms with Crippen LogP contribution in [0.15, 0.2) is 71.2 Å². The van der Waals surface area contributed by atoms with Crippen molar-refractivity contribution in [1.82, 2.24) is 5.32 Å². The minimum Gasteiger partial charge on any atom is -0.495 e. The highest BCUT2D eigenvalue weighted by atomic mass is 79.9. The van der Waals surface area contributed by atoms with E-state index >= 15 is 0 Å². The first-order valence-electron chi connectivity index (χ1n) is 13.3. The Bertz CT molecular complexity index is 1300. The second-order valence-electron chi connectivity index (χ2n) is 9.68. The lowest BCUT2D eigenvalue weighted by molar-refractivity contribution is 0.0858. The van der Waals surface area contributed by atoms with Crippen LogP contribution in [0.1, 0.15) is 33.6 Å². The number of piperazine rings is 1. The highest BCUT2D eigenvalue weighted by molar-refractivity contribution is 9.10. The number of anilines is 3. The first-order valence-corrected chi connectivity index (χ1v) is 14.0. The molecule has 0 spiro atoms. The summed E-state index contributed by atoms with van der Waals surface area (Å²) >= 11 is 3.40. The van der Waals surface area contributed by atoms with E-state index in [-0.39, 0.29) is 17.9 Å². The Hall–Kier alpha value is -3.56. The Balaban J connectivity index is 1.34. The van der Waals surface area contributed by atoms with Gasteiger partial charge >= 0.3 is 0 Å². The van der Waals surface area contributed by atoms with Crippen molar-refractivity contribution in [3.8, 4) is 5.75 Å². The van der Waals surface area contributed by atoms with Crippen LogP contribution in [0.5, 0.6) is 5.75 Å². The number of ether oxygens (including phenoxy) is 2. The van der Waals surface area contributed by atoms with Gasteiger partial charge in [-0.1, -0.05) is 28.1 Å². The van der Waals surface area contributed by atoms with Crippen molar-refractivity contribution in [2.75, 3.05) is 61.6 Å². The van der Waals surface area contributed by atoms with Crippen molar-refractivity contribution in [1.29, 1.82) is 0 Å². The Morgan fingerprint density at radius 2 is 1.67 bits per heavy atom. The molecule has 204 valence electrons. The summed E-state index contributed by atoms with van der Waals surface area (Å²) in [5.41, 5.74) is 3.56. The molecule has 2 heterocycles. The predicted molar refractivity (Wildman–Crippen MR) is 157 cm³/mol. The molecule has 2 aliphatic heterocycles. The van der Waals surface area contributed by atoms with Crippen molar-refractivity contribution < 1.29 is 19.1 Å². The smallest absolute Gasteiger partial charge is 0.255 e. The minimum atomic E-state index is -0.230. The van der Waals surface area contributed by atoms with Crippen molar-refractivity contribution in [2.45, 2.75) is 18.9 Å². The summed E-state index contributed by atoms with van der Waals surface area (Å²) in [5, 5.41) is 6.00. The molecule has 2 aliphatic rings. The first-order chi connectivity index (χ1) is 19.0. The lowest BCUT2D eigenvalue weighted by Crippen LogP contribution is -2.47. The lowest BCUT2D eigenvalue weighted by Gasteiger charge is -2.38. The molecule has 2 fully saturated rings. The third-order valence-electron chi connectivity index (χ3n) is 7.17. The number of methoxy groups -OCH3 is 1. The summed E-state index contributed by atoms with van der Waals surface area (Å²) in [6.07, 6.45) is 2.00. The van der Waals surface area contributed by atoms with E-state index in [0.29, 0.717) is 23.4 Å². The molecular weight excluding hydrogens is 560 g/mol. The standard InChI is InChI=1S/C30H33BrN4O4/c1-38-28-7-3-2-6-27(28)35-16-14-34(15-17-35)26-13-12-23(33-29(36)21-8-10-22(31)11-9-21)19-25(26)30(37)32-20-24-5-4-18-39-24/h2-3,6-13,19,24H,4-5,14-18,20H2,1H3,(H,32,37)(H,33,36)/t24-/m0/s1. The number of rotatable bonds is 8. The molecule has 0 aromatic heterocycles. The number of amides is 2. The zero-order valence-corrected chi connectivity index (χ0v) is 23.6. The van der Waals surface area contributed by atoms with Crippen LogP contribution in [-0.4, -0.2) is 64.4 Å². The van der Waals surface area contributed by atoms with Gasteiger partial charge in [0.1, 0.15) is 5.75 Å². The van der Waals surface area contributed by atoms with Gasteiger partial charge in [-0.15, -0.1) is 0 Å². The molecule has 0 saturated carbocycles. The molecule has 3 aromatic carbocycles. The van der Waals surface area contributed by atoms with Crippen LogP contribution in [0.4, 0.5) is 17.1 Å². The van der Waals surface area contributed by atoms with Gasteiger partial charge in [0, 0.05) is 60.7 Å². The van der Waals surface area contributed by atoms with Crippen molar-refractivity contribution in [3.05, 3.63) is 82.3 Å². The fraction of sp³-hybridized carbons (Fsp3) is 0.333. The van der Waals surface area contributed by atoms with Crippen LogP contribution in [0.2, 0.25) is 0 Å². The quantitative estimate of drug-likeness (QED) is 0.385. The fourth-order valence-electron chi connectivity index (χ4n) is 5.06. The maximum Gasteiger partial charge on any atom is 0.255 e. The molecular formula is C30H33BrN4O4. The zero-order chi connectivity index (χ0) is 27.2. The van der Waals surface area contributed by atoms with E-state index in [0.717, 1.165) is 67.2 Å². The van der Waals surface area contributed by atoms with E-state index < -0.39 is 0 Å². The average molecular weight is 594 g/mol. The number of nitrogens with one attached hydrogen (secondary N) is 2. The summed E-state index contributed by atoms with van der Waals surface area (Å²) in [6.45, 7) is 4.28. The third kappa shape index (κ3) is 6.54. The Labute approximate surface area is 237 Å². The van der Waals surface area contributed by atoms with Gasteiger partial charge in [0.05, 0.1) is 24.5 Å². The molecule has 8 nitrogen and oxygen atoms in total. The average Bonchev–Trinajstić information content (AvgIpc) is 3.50. The normalized spacial score (nSPS) is 17.1. The minimum absolute atomic E-state index is 0.0436. The van der Waals surface area contributed by atoms with Crippen LogP contribution in [0.3, 0.4) is 0 Å². The van der Waals surface area contributed by atoms with Crippen molar-refractivity contribution >= 4 is 44.8 Å². The third-order valence-corrected chi connectivity index (χ3v) is 7.69. The molecule has 2 saturated heterocycles. The molecule has 2 amide bonds. The Morgan fingerprint density at radius 1 is 0.949 bits per heavy atom. The van der Waals surface area contributed by atoms with E-state index in [9.17, 15) is 9.59 Å². The maximum atomic E-state index is 13.4. The molecule has 0 aliphatic carbocycles. The van der Waals surface area contributed by atoms with E-state index in [1.165, 1.54) is 0 Å². The molecule has 39 heavy (non-hydrogen) atoms. The maximum absolute atomic E-state index is 13.4. The summed E-state index contributed by atoms with van der Waals surface area (Å²) in [4.78, 5) is 30.8. The summed E-state index contributed by atoms with van der Waals surface area (Å²) in [5.74, 6) is 0.449. The fourth-order valence-corrected chi connectivity index (χ4v) is 5.33. The molecule has 0 unspecified atom stereocenters. The molecule has 0 bridgehead atoms. The van der Waals surface area contributed by atoms with E-state index in [1.807, 2.05) is 42.5 Å². The van der Waals surface area contributed by atoms with Gasteiger partial charge in [-0.2, -0.15) is 0 Å². The molecule has 0 radical (unpaired) electrons. The Kier molecular flexibility index (Phi) is 8.68. The lowest BCUT2D eigenvalue weighted by atomic mass is 10.1. The van der Waals surface area contributed by atoms with Gasteiger partial charge in [0.25, 0.3) is 11.8 Å². The number of nitrogens with zero attached hydrogens (tertiary/aromatic N) is 2. The number of para-hydroxylation sites is 2. The van der Waals surface area contributed by atoms with Crippen LogP contribution in [-0.2, 0) is 4.74 Å². The van der Waals surface area contributed by atoms with E-state index in [4.69, 9.17) is 9.47 Å². The van der Waals surface area contributed by atoms with Crippen LogP contribution >= 0.6 is 15.9 Å². The largest absolute Gasteiger partial charge is 0.495 e. The number of hydrogen-bond acceptors (Lipinski definition) is 6. The van der Waals surface area contributed by atoms with Crippen LogP contribution in [0.25, 0.3) is 0 Å². The second-order valence-corrected chi connectivity index (χ2v) is 10.6. The Morgan fingerprint density at radius 3 is 2.36 bits per heavy atom. The van der Waals surface area contributed by atoms with Gasteiger partial charge in [-0.25, -0.2) is 0 Å². The van der Waals surface area contributed by atoms with Gasteiger partial charge < -0.3 is 29.9 Å². The van der Waals surface area contributed by atoms with Crippen molar-refractivity contribution in [2.24, 2.45) is 0 Å². The number of carbonyl (C=O) groups is 2. The first kappa shape index (κ1) is 27.0. The molecule has 9 heteroatoms. The number of hydrogen-bond donors (Lipinski definition) is 2. The number of carbonyl (C=O) groups excluding carboxylic acids is 2. The van der Waals surface area contributed by atoms with Gasteiger partial charge in [0.2, 0.25) is 0 Å². The molecule has 1 atom stereocenters. The summed E-state index contributed by atoms with van der Waals surface area (Å²) in [7, 11) is 1.69. The highest BCUT2D eigenvalue weighted by Crippen LogP contribution is 2.31. The number of benzene rings is 3. The second kappa shape index (κ2) is 12.5. The van der Waals surface area contributed by atoms with Crippen LogP contribution in [0, 0.1) is 0 Å². The van der Waals surface area contributed by atoms with Gasteiger partial charge in [-0.3, -0.25) is 9.59 Å². The van der Waals surface area contributed by atoms with Crippen molar-refractivity contribution in [3.63, 3.8) is 0 Å². The van der Waals surface area contributed by atoms with Crippen LogP contribution < -0.4 is 25.2 Å². The molecule has 2 N–H and O–H groups in total. The van der Waals surface area contributed by atoms with Gasteiger partial charge in [-0.05, 0) is 67.4 Å². The van der Waals surface area contributed by atoms with E-state index in [1.54, 1.807) is 25.3 Å². The van der Waals surface area contributed by atoms with E-state index in [2.05, 4.69) is 42.4 Å². The SMILES string of the molecule is COc1ccccc1N1CCN(c2ccc(NC(=O)c3ccc(Br)cc3)cc2C(=O)NC[C@@H]2CCCO2)CC1.